The van der Waals surface area contributed by atoms with Crippen LogP contribution < -0.4 is 5.73 Å². The summed E-state index contributed by atoms with van der Waals surface area (Å²) in [4.78, 5) is 18.3. The minimum Gasteiger partial charge on any atom is -0.383 e. The maximum absolute atomic E-state index is 6.36. The summed E-state index contributed by atoms with van der Waals surface area (Å²) in [5.74, 6) is 0.523. The quantitative estimate of drug-likeness (QED) is 0.399. The molecule has 0 bridgehead atoms. The van der Waals surface area contributed by atoms with Gasteiger partial charge in [-0.15, -0.1) is 0 Å². The second kappa shape index (κ2) is 7.71. The lowest BCUT2D eigenvalue weighted by Crippen LogP contribution is -2.12. The Labute approximate surface area is 186 Å². The molecule has 5 aromatic rings. The molecule has 6 nitrogen and oxygen atoms in total. The van der Waals surface area contributed by atoms with E-state index in [0.29, 0.717) is 11.9 Å². The Hall–Kier alpha value is -3.80. The largest absolute Gasteiger partial charge is 0.383 e. The van der Waals surface area contributed by atoms with Gasteiger partial charge in [0.2, 0.25) is 0 Å². The van der Waals surface area contributed by atoms with Gasteiger partial charge in [0.15, 0.2) is 0 Å². The topological polar surface area (TPSA) is 82.5 Å². The summed E-state index contributed by atoms with van der Waals surface area (Å²) in [5, 5.41) is 2.02. The zero-order chi connectivity index (χ0) is 21.5. The number of anilines is 1. The first-order chi connectivity index (χ1) is 15.8. The molecule has 0 aliphatic heterocycles. The zero-order valence-electron chi connectivity index (χ0n) is 17.8. The van der Waals surface area contributed by atoms with E-state index in [9.17, 15) is 0 Å². The van der Waals surface area contributed by atoms with E-state index in [4.69, 9.17) is 10.7 Å². The molecule has 4 heterocycles. The van der Waals surface area contributed by atoms with Crippen LogP contribution >= 0.6 is 0 Å². The third-order valence-corrected chi connectivity index (χ3v) is 6.54. The Bertz CT molecular complexity index is 1420. The number of aromatic nitrogens is 5. The van der Waals surface area contributed by atoms with Crippen LogP contribution in [0.4, 0.5) is 5.82 Å². The van der Waals surface area contributed by atoms with Crippen LogP contribution in [-0.2, 0) is 0 Å². The fraction of sp³-hybridized carbons (Fsp3) is 0.231. The van der Waals surface area contributed by atoms with Gasteiger partial charge in [0.25, 0.3) is 0 Å². The molecule has 6 heteroatoms. The van der Waals surface area contributed by atoms with Gasteiger partial charge in [0, 0.05) is 29.4 Å². The van der Waals surface area contributed by atoms with Crippen LogP contribution in [0.5, 0.6) is 0 Å². The van der Waals surface area contributed by atoms with E-state index in [1.54, 1.807) is 12.5 Å². The minimum atomic E-state index is 0.462. The molecule has 0 atom stereocenters. The van der Waals surface area contributed by atoms with Crippen molar-refractivity contribution >= 4 is 27.8 Å². The number of hydrogen-bond donors (Lipinski definition) is 1. The fourth-order valence-corrected chi connectivity index (χ4v) is 4.91. The number of nitrogens with two attached hydrogens (primary N) is 1. The van der Waals surface area contributed by atoms with Crippen LogP contribution in [-0.4, -0.2) is 24.5 Å². The molecular formula is C26H24N6. The summed E-state index contributed by atoms with van der Waals surface area (Å²) in [6, 6.07) is 16.8. The number of pyridine rings is 2. The molecule has 0 radical (unpaired) electrons. The maximum Gasteiger partial charge on any atom is 0.146 e. The van der Waals surface area contributed by atoms with Crippen LogP contribution in [0.25, 0.3) is 44.5 Å². The molecule has 0 spiro atoms. The van der Waals surface area contributed by atoms with Gasteiger partial charge in [-0.2, -0.15) is 0 Å². The molecule has 158 valence electrons. The highest BCUT2D eigenvalue weighted by molar-refractivity contribution is 6.02. The highest BCUT2D eigenvalue weighted by Crippen LogP contribution is 2.38. The summed E-state index contributed by atoms with van der Waals surface area (Å²) < 4.78 is 2.32. The van der Waals surface area contributed by atoms with Gasteiger partial charge in [-0.3, -0.25) is 4.98 Å². The van der Waals surface area contributed by atoms with E-state index >= 15 is 0 Å². The van der Waals surface area contributed by atoms with E-state index in [-0.39, 0.29) is 0 Å². The summed E-state index contributed by atoms with van der Waals surface area (Å²) in [6.45, 7) is 0. The molecule has 1 aromatic carbocycles. The molecule has 2 N–H and O–H groups in total. The predicted octanol–water partition coefficient (Wildman–Crippen LogP) is 5.80. The number of hydrogen-bond acceptors (Lipinski definition) is 5. The van der Waals surface area contributed by atoms with Crippen LogP contribution in [0.3, 0.4) is 0 Å². The van der Waals surface area contributed by atoms with Crippen molar-refractivity contribution < 1.29 is 0 Å². The van der Waals surface area contributed by atoms with Crippen molar-refractivity contribution in [3.05, 3.63) is 67.3 Å². The Morgan fingerprint density at radius 3 is 2.59 bits per heavy atom. The second-order valence-electron chi connectivity index (χ2n) is 8.52. The Morgan fingerprint density at radius 2 is 1.75 bits per heavy atom. The maximum atomic E-state index is 6.36. The minimum absolute atomic E-state index is 0.462. The van der Waals surface area contributed by atoms with Gasteiger partial charge < -0.3 is 10.3 Å². The monoisotopic (exact) mass is 420 g/mol. The first kappa shape index (κ1) is 18.9. The van der Waals surface area contributed by atoms with Gasteiger partial charge in [-0.25, -0.2) is 15.0 Å². The number of nitrogens with zero attached hydrogens (tertiary/aromatic N) is 5. The molecule has 6 rings (SSSR count). The SMILES string of the molecule is Nc1ncnc2c1c(-c1ccc3ccc(-c4ccccn4)nc3c1)cn2C1CCCCC1. The van der Waals surface area contributed by atoms with Crippen LogP contribution in [0.2, 0.25) is 0 Å². The lowest BCUT2D eigenvalue weighted by molar-refractivity contribution is 0.360. The summed E-state index contributed by atoms with van der Waals surface area (Å²) in [5.41, 5.74) is 12.1. The first-order valence-corrected chi connectivity index (χ1v) is 11.2. The average molecular weight is 421 g/mol. The van der Waals surface area contributed by atoms with Crippen molar-refractivity contribution in [1.29, 1.82) is 0 Å². The Kier molecular flexibility index (Phi) is 4.56. The van der Waals surface area contributed by atoms with Gasteiger partial charge in [0.1, 0.15) is 17.8 Å². The van der Waals surface area contributed by atoms with Crippen molar-refractivity contribution in [2.75, 3.05) is 5.73 Å². The number of benzene rings is 1. The van der Waals surface area contributed by atoms with Crippen molar-refractivity contribution in [1.82, 2.24) is 24.5 Å². The molecule has 1 fully saturated rings. The van der Waals surface area contributed by atoms with Gasteiger partial charge >= 0.3 is 0 Å². The highest BCUT2D eigenvalue weighted by atomic mass is 15.1. The molecule has 1 saturated carbocycles. The third-order valence-electron chi connectivity index (χ3n) is 6.54. The third kappa shape index (κ3) is 3.19. The van der Waals surface area contributed by atoms with E-state index < -0.39 is 0 Å². The van der Waals surface area contributed by atoms with E-state index in [1.165, 1.54) is 32.1 Å². The smallest absolute Gasteiger partial charge is 0.146 e. The Morgan fingerprint density at radius 1 is 0.875 bits per heavy atom. The molecule has 0 saturated heterocycles. The Balaban J connectivity index is 1.51. The second-order valence-corrected chi connectivity index (χ2v) is 8.52. The van der Waals surface area contributed by atoms with Gasteiger partial charge in [0.05, 0.1) is 22.3 Å². The van der Waals surface area contributed by atoms with E-state index in [0.717, 1.165) is 44.5 Å². The van der Waals surface area contributed by atoms with Crippen molar-refractivity contribution in [3.8, 4) is 22.5 Å². The summed E-state index contributed by atoms with van der Waals surface area (Å²) >= 11 is 0. The molecule has 32 heavy (non-hydrogen) atoms. The molecule has 1 aliphatic carbocycles. The molecular weight excluding hydrogens is 396 g/mol. The molecule has 1 aliphatic rings. The number of nitrogen functional groups attached to an aromatic ring is 1. The molecule has 0 unspecified atom stereocenters. The van der Waals surface area contributed by atoms with Crippen molar-refractivity contribution in [3.63, 3.8) is 0 Å². The normalized spacial score (nSPS) is 14.9. The summed E-state index contributed by atoms with van der Waals surface area (Å²) in [6.07, 6.45) is 11.8. The average Bonchev–Trinajstić information content (AvgIpc) is 3.25. The lowest BCUT2D eigenvalue weighted by atomic mass is 9.95. The van der Waals surface area contributed by atoms with Crippen molar-refractivity contribution in [2.45, 2.75) is 38.1 Å². The molecule has 0 amide bonds. The fourth-order valence-electron chi connectivity index (χ4n) is 4.91. The zero-order valence-corrected chi connectivity index (χ0v) is 17.8. The predicted molar refractivity (Wildman–Crippen MR) is 128 cm³/mol. The standard InChI is InChI=1S/C26H24N6/c27-25-24-20(15-32(26(24)30-16-29-25)19-6-2-1-3-7-19)18-10-9-17-11-12-22(31-23(17)14-18)21-8-4-5-13-28-21/h4-5,8-16,19H,1-3,6-7H2,(H2,27,29,30). The summed E-state index contributed by atoms with van der Waals surface area (Å²) in [7, 11) is 0. The number of fused-ring (bicyclic) bond motifs is 2. The molecule has 4 aromatic heterocycles. The van der Waals surface area contributed by atoms with Crippen LogP contribution in [0.15, 0.2) is 67.3 Å². The van der Waals surface area contributed by atoms with Crippen LogP contribution in [0.1, 0.15) is 38.1 Å². The lowest BCUT2D eigenvalue weighted by Gasteiger charge is -2.23. The van der Waals surface area contributed by atoms with Crippen LogP contribution in [0, 0.1) is 0 Å². The van der Waals surface area contributed by atoms with E-state index in [1.807, 2.05) is 24.3 Å². The van der Waals surface area contributed by atoms with Gasteiger partial charge in [-0.1, -0.05) is 43.5 Å². The van der Waals surface area contributed by atoms with E-state index in [2.05, 4.69) is 50.0 Å². The first-order valence-electron chi connectivity index (χ1n) is 11.2. The highest BCUT2D eigenvalue weighted by Gasteiger charge is 2.22. The van der Waals surface area contributed by atoms with Crippen molar-refractivity contribution in [2.24, 2.45) is 0 Å². The number of rotatable bonds is 3. The van der Waals surface area contributed by atoms with Gasteiger partial charge in [-0.05, 0) is 42.7 Å².